The lowest BCUT2D eigenvalue weighted by Gasteiger charge is -2.19. The zero-order valence-corrected chi connectivity index (χ0v) is 17.7. The number of hydrogen-bond donors (Lipinski definition) is 2. The SMILES string of the molecule is CCOc1c(C)cc(S(=O)(=O)NCC(OCCO)c2ccc(C)cc2)cc1C. The first-order valence-electron chi connectivity index (χ1n) is 9.31. The van der Waals surface area contributed by atoms with Crippen LogP contribution in [0.25, 0.3) is 0 Å². The van der Waals surface area contributed by atoms with Crippen LogP contribution in [-0.4, -0.2) is 39.9 Å². The molecule has 7 heteroatoms. The summed E-state index contributed by atoms with van der Waals surface area (Å²) in [6, 6.07) is 10.9. The number of hydrogen-bond acceptors (Lipinski definition) is 5. The van der Waals surface area contributed by atoms with E-state index >= 15 is 0 Å². The lowest BCUT2D eigenvalue weighted by molar-refractivity contribution is 0.0309. The summed E-state index contributed by atoms with van der Waals surface area (Å²) in [7, 11) is -3.72. The highest BCUT2D eigenvalue weighted by Gasteiger charge is 2.20. The minimum absolute atomic E-state index is 0.0662. The Hall–Kier alpha value is -1.93. The fraction of sp³-hybridized carbons (Fsp3) is 0.429. The van der Waals surface area contributed by atoms with Crippen LogP contribution in [0.2, 0.25) is 0 Å². The minimum Gasteiger partial charge on any atom is -0.493 e. The molecule has 0 aliphatic heterocycles. The Labute approximate surface area is 167 Å². The van der Waals surface area contributed by atoms with E-state index in [0.717, 1.165) is 22.3 Å². The van der Waals surface area contributed by atoms with Crippen molar-refractivity contribution in [2.45, 2.75) is 38.7 Å². The zero-order valence-electron chi connectivity index (χ0n) is 16.9. The number of sulfonamides is 1. The van der Waals surface area contributed by atoms with Crippen molar-refractivity contribution in [3.8, 4) is 5.75 Å². The van der Waals surface area contributed by atoms with Gasteiger partial charge >= 0.3 is 0 Å². The van der Waals surface area contributed by atoms with Crippen molar-refractivity contribution in [1.82, 2.24) is 4.72 Å². The maximum Gasteiger partial charge on any atom is 0.240 e. The number of aryl methyl sites for hydroxylation is 3. The molecule has 2 rings (SSSR count). The topological polar surface area (TPSA) is 84.9 Å². The molecule has 0 aliphatic rings. The summed E-state index contributed by atoms with van der Waals surface area (Å²) in [4.78, 5) is 0.191. The molecular formula is C21H29NO5S. The lowest BCUT2D eigenvalue weighted by atomic mass is 10.1. The third-order valence-corrected chi connectivity index (χ3v) is 5.75. The van der Waals surface area contributed by atoms with E-state index in [1.165, 1.54) is 0 Å². The maximum absolute atomic E-state index is 12.8. The Morgan fingerprint density at radius 2 is 1.68 bits per heavy atom. The monoisotopic (exact) mass is 407 g/mol. The molecule has 0 heterocycles. The Kier molecular flexibility index (Phi) is 8.00. The van der Waals surface area contributed by atoms with E-state index in [1.54, 1.807) is 12.1 Å². The maximum atomic E-state index is 12.8. The Morgan fingerprint density at radius 1 is 1.07 bits per heavy atom. The molecule has 2 aromatic carbocycles. The summed E-state index contributed by atoms with van der Waals surface area (Å²) in [5.74, 6) is 0.713. The van der Waals surface area contributed by atoms with E-state index < -0.39 is 16.1 Å². The molecule has 1 unspecified atom stereocenters. The van der Waals surface area contributed by atoms with Crippen LogP contribution in [0.15, 0.2) is 41.3 Å². The molecule has 0 saturated carbocycles. The quantitative estimate of drug-likeness (QED) is 0.632. The number of aliphatic hydroxyl groups is 1. The first-order chi connectivity index (χ1) is 13.3. The van der Waals surface area contributed by atoms with Crippen LogP contribution in [0.1, 0.15) is 35.3 Å². The third kappa shape index (κ3) is 5.78. The third-order valence-electron chi connectivity index (χ3n) is 4.35. The Bertz CT molecular complexity index is 855. The number of nitrogens with one attached hydrogen (secondary N) is 1. The van der Waals surface area contributed by atoms with Crippen molar-refractivity contribution < 1.29 is 23.0 Å². The minimum atomic E-state index is -3.72. The highest BCUT2D eigenvalue weighted by atomic mass is 32.2. The molecule has 0 fully saturated rings. The van der Waals surface area contributed by atoms with Crippen LogP contribution in [0.4, 0.5) is 0 Å². The van der Waals surface area contributed by atoms with Gasteiger partial charge in [-0.15, -0.1) is 0 Å². The van der Waals surface area contributed by atoms with Gasteiger partial charge in [-0.05, 0) is 56.5 Å². The van der Waals surface area contributed by atoms with Crippen molar-refractivity contribution in [3.63, 3.8) is 0 Å². The molecule has 0 aliphatic carbocycles. The van der Waals surface area contributed by atoms with E-state index in [-0.39, 0.29) is 24.7 Å². The second-order valence-corrected chi connectivity index (χ2v) is 8.43. The van der Waals surface area contributed by atoms with Crippen LogP contribution >= 0.6 is 0 Å². The summed E-state index contributed by atoms with van der Waals surface area (Å²) in [6.07, 6.45) is -0.493. The van der Waals surface area contributed by atoms with Crippen LogP contribution in [-0.2, 0) is 14.8 Å². The van der Waals surface area contributed by atoms with Crippen molar-refractivity contribution in [3.05, 3.63) is 58.7 Å². The van der Waals surface area contributed by atoms with Gasteiger partial charge in [0.15, 0.2) is 0 Å². The fourth-order valence-corrected chi connectivity index (χ4v) is 4.16. The van der Waals surface area contributed by atoms with Crippen LogP contribution in [0.5, 0.6) is 5.75 Å². The van der Waals surface area contributed by atoms with E-state index in [9.17, 15) is 8.42 Å². The predicted octanol–water partition coefficient (Wildman–Crippen LogP) is 3.04. The van der Waals surface area contributed by atoms with Gasteiger partial charge in [0.1, 0.15) is 5.75 Å². The molecule has 1 atom stereocenters. The highest BCUT2D eigenvalue weighted by molar-refractivity contribution is 7.89. The number of ether oxygens (including phenoxy) is 2. The van der Waals surface area contributed by atoms with Crippen molar-refractivity contribution in [2.75, 3.05) is 26.4 Å². The Balaban J connectivity index is 2.20. The predicted molar refractivity (Wildman–Crippen MR) is 109 cm³/mol. The van der Waals surface area contributed by atoms with Gasteiger partial charge in [-0.2, -0.15) is 0 Å². The van der Waals surface area contributed by atoms with Gasteiger partial charge in [0.25, 0.3) is 0 Å². The molecule has 2 aromatic rings. The molecule has 0 saturated heterocycles. The zero-order chi connectivity index (χ0) is 20.7. The molecule has 6 nitrogen and oxygen atoms in total. The highest BCUT2D eigenvalue weighted by Crippen LogP contribution is 2.27. The summed E-state index contributed by atoms with van der Waals surface area (Å²) in [6.45, 7) is 8.11. The van der Waals surface area contributed by atoms with E-state index in [2.05, 4.69) is 4.72 Å². The van der Waals surface area contributed by atoms with Crippen molar-refractivity contribution in [1.29, 1.82) is 0 Å². The molecule has 0 bridgehead atoms. The van der Waals surface area contributed by atoms with Crippen molar-refractivity contribution in [2.24, 2.45) is 0 Å². The molecule has 0 aromatic heterocycles. The van der Waals surface area contributed by atoms with Crippen LogP contribution in [0, 0.1) is 20.8 Å². The molecule has 0 radical (unpaired) electrons. The first-order valence-corrected chi connectivity index (χ1v) is 10.8. The smallest absolute Gasteiger partial charge is 0.240 e. The summed E-state index contributed by atoms with van der Waals surface area (Å²) < 4.78 is 39.5. The van der Waals surface area contributed by atoms with Crippen LogP contribution < -0.4 is 9.46 Å². The van der Waals surface area contributed by atoms with Gasteiger partial charge in [0.2, 0.25) is 10.0 Å². The van der Waals surface area contributed by atoms with Gasteiger partial charge in [0.05, 0.1) is 30.8 Å². The second kappa shape index (κ2) is 10.0. The number of rotatable bonds is 10. The normalized spacial score (nSPS) is 12.8. The van der Waals surface area contributed by atoms with E-state index in [1.807, 2.05) is 52.0 Å². The number of aliphatic hydroxyl groups excluding tert-OH is 1. The van der Waals surface area contributed by atoms with E-state index in [0.29, 0.717) is 12.4 Å². The molecular weight excluding hydrogens is 378 g/mol. The number of benzene rings is 2. The van der Waals surface area contributed by atoms with Gasteiger partial charge in [-0.1, -0.05) is 29.8 Å². The summed E-state index contributed by atoms with van der Waals surface area (Å²) in [5.41, 5.74) is 3.49. The lowest BCUT2D eigenvalue weighted by Crippen LogP contribution is -2.30. The second-order valence-electron chi connectivity index (χ2n) is 6.66. The standard InChI is InChI=1S/C21H29NO5S/c1-5-26-21-16(3)12-19(13-17(21)4)28(24,25)22-14-20(27-11-10-23)18-8-6-15(2)7-9-18/h6-9,12-13,20,22-23H,5,10-11,14H2,1-4H3. The van der Waals surface area contributed by atoms with Gasteiger partial charge < -0.3 is 14.6 Å². The summed E-state index contributed by atoms with van der Waals surface area (Å²) in [5, 5.41) is 9.07. The van der Waals surface area contributed by atoms with Gasteiger partial charge in [-0.3, -0.25) is 0 Å². The molecule has 154 valence electrons. The van der Waals surface area contributed by atoms with Crippen molar-refractivity contribution >= 4 is 10.0 Å². The fourth-order valence-electron chi connectivity index (χ4n) is 2.96. The van der Waals surface area contributed by atoms with Gasteiger partial charge in [-0.25, -0.2) is 13.1 Å². The van der Waals surface area contributed by atoms with Crippen LogP contribution in [0.3, 0.4) is 0 Å². The average Bonchev–Trinajstić information content (AvgIpc) is 2.65. The Morgan fingerprint density at radius 3 is 2.21 bits per heavy atom. The molecule has 2 N–H and O–H groups in total. The largest absolute Gasteiger partial charge is 0.493 e. The average molecular weight is 408 g/mol. The molecule has 0 spiro atoms. The first kappa shape index (κ1) is 22.4. The summed E-state index contributed by atoms with van der Waals surface area (Å²) >= 11 is 0. The molecule has 0 amide bonds. The van der Waals surface area contributed by atoms with Gasteiger partial charge in [0, 0.05) is 6.54 Å². The molecule has 28 heavy (non-hydrogen) atoms. The van der Waals surface area contributed by atoms with E-state index in [4.69, 9.17) is 14.6 Å².